The average molecular weight is 182 g/mol. The highest BCUT2D eigenvalue weighted by atomic mass is 32.2. The van der Waals surface area contributed by atoms with Crippen LogP contribution in [0.25, 0.3) is 0 Å². The van der Waals surface area contributed by atoms with E-state index < -0.39 is 0 Å². The number of H-pyrrole nitrogens is 1. The molecule has 0 saturated heterocycles. The molecular formula is C8H10N2OS. The lowest BCUT2D eigenvalue weighted by molar-refractivity contribution is 1.00. The Morgan fingerprint density at radius 1 is 1.75 bits per heavy atom. The van der Waals surface area contributed by atoms with Crippen molar-refractivity contribution in [1.82, 2.24) is 9.97 Å². The first-order valence-electron chi connectivity index (χ1n) is 3.56. The normalized spacial score (nSPS) is 9.67. The number of rotatable bonds is 4. The van der Waals surface area contributed by atoms with Gasteiger partial charge in [-0.25, -0.2) is 4.98 Å². The van der Waals surface area contributed by atoms with Crippen molar-refractivity contribution in [3.63, 3.8) is 0 Å². The standard InChI is InChI=1S/C8H10N2OS/c1-2-5-12-6-7-9-4-3-8(11)10-7/h2-4H,1,5-6H2,(H,9,10,11). The molecule has 0 amide bonds. The molecule has 1 N–H and O–H groups in total. The summed E-state index contributed by atoms with van der Waals surface area (Å²) in [4.78, 5) is 17.4. The number of aromatic amines is 1. The molecule has 64 valence electrons. The largest absolute Gasteiger partial charge is 0.310 e. The van der Waals surface area contributed by atoms with Crippen LogP contribution in [-0.2, 0) is 5.75 Å². The number of thioether (sulfide) groups is 1. The fourth-order valence-corrected chi connectivity index (χ4v) is 1.35. The number of hydrogen-bond donors (Lipinski definition) is 1. The van der Waals surface area contributed by atoms with E-state index in [4.69, 9.17) is 0 Å². The second-order valence-corrected chi connectivity index (χ2v) is 3.21. The number of nitrogens with zero attached hydrogens (tertiary/aromatic N) is 1. The molecular weight excluding hydrogens is 172 g/mol. The Kier molecular flexibility index (Phi) is 3.60. The number of aromatic nitrogens is 2. The topological polar surface area (TPSA) is 45.8 Å². The third kappa shape index (κ3) is 2.92. The first-order chi connectivity index (χ1) is 5.83. The van der Waals surface area contributed by atoms with Gasteiger partial charge in [-0.05, 0) is 0 Å². The van der Waals surface area contributed by atoms with Gasteiger partial charge >= 0.3 is 0 Å². The Morgan fingerprint density at radius 2 is 2.58 bits per heavy atom. The van der Waals surface area contributed by atoms with Crippen molar-refractivity contribution < 1.29 is 0 Å². The Balaban J connectivity index is 2.52. The monoisotopic (exact) mass is 182 g/mol. The maximum Gasteiger partial charge on any atom is 0.250 e. The maximum absolute atomic E-state index is 10.8. The summed E-state index contributed by atoms with van der Waals surface area (Å²) in [5.74, 6) is 2.31. The summed E-state index contributed by atoms with van der Waals surface area (Å²) in [5, 5.41) is 0. The summed E-state index contributed by atoms with van der Waals surface area (Å²) < 4.78 is 0. The zero-order valence-electron chi connectivity index (χ0n) is 6.62. The molecule has 1 aromatic heterocycles. The SMILES string of the molecule is C=CCSCc1nccc(=O)[nH]1. The van der Waals surface area contributed by atoms with E-state index in [0.717, 1.165) is 11.5 Å². The summed E-state index contributed by atoms with van der Waals surface area (Å²) >= 11 is 1.66. The lowest BCUT2D eigenvalue weighted by Gasteiger charge is -1.96. The average Bonchev–Trinajstić information content (AvgIpc) is 2.05. The zero-order chi connectivity index (χ0) is 8.81. The minimum absolute atomic E-state index is 0.0980. The maximum atomic E-state index is 10.8. The molecule has 0 radical (unpaired) electrons. The second kappa shape index (κ2) is 4.77. The van der Waals surface area contributed by atoms with E-state index in [0.29, 0.717) is 5.82 Å². The van der Waals surface area contributed by atoms with Gasteiger partial charge in [0.05, 0.1) is 5.75 Å². The summed E-state index contributed by atoms with van der Waals surface area (Å²) in [6.45, 7) is 3.60. The third-order valence-electron chi connectivity index (χ3n) is 1.20. The molecule has 0 saturated carbocycles. The Hall–Kier alpha value is -1.03. The third-order valence-corrected chi connectivity index (χ3v) is 2.15. The molecule has 0 fully saturated rings. The molecule has 1 heterocycles. The molecule has 0 spiro atoms. The van der Waals surface area contributed by atoms with Gasteiger partial charge in [0.1, 0.15) is 5.82 Å². The van der Waals surface area contributed by atoms with Crippen LogP contribution in [0.2, 0.25) is 0 Å². The summed E-state index contributed by atoms with van der Waals surface area (Å²) in [5.41, 5.74) is -0.0980. The fraction of sp³-hybridized carbons (Fsp3) is 0.250. The van der Waals surface area contributed by atoms with Gasteiger partial charge in [-0.15, -0.1) is 18.3 Å². The molecule has 12 heavy (non-hydrogen) atoms. The van der Waals surface area contributed by atoms with Gasteiger partial charge in [0.25, 0.3) is 5.56 Å². The van der Waals surface area contributed by atoms with Gasteiger partial charge in [-0.1, -0.05) is 6.08 Å². The van der Waals surface area contributed by atoms with Crippen LogP contribution >= 0.6 is 11.8 Å². The number of hydrogen-bond acceptors (Lipinski definition) is 3. The van der Waals surface area contributed by atoms with Crippen molar-refractivity contribution in [2.45, 2.75) is 5.75 Å². The minimum atomic E-state index is -0.0980. The zero-order valence-corrected chi connectivity index (χ0v) is 7.43. The van der Waals surface area contributed by atoms with Gasteiger partial charge in [-0.2, -0.15) is 0 Å². The van der Waals surface area contributed by atoms with E-state index in [2.05, 4.69) is 16.5 Å². The van der Waals surface area contributed by atoms with Crippen LogP contribution in [0, 0.1) is 0 Å². The van der Waals surface area contributed by atoms with Crippen LogP contribution in [-0.4, -0.2) is 15.7 Å². The minimum Gasteiger partial charge on any atom is -0.310 e. The molecule has 3 nitrogen and oxygen atoms in total. The predicted octanol–water partition coefficient (Wildman–Crippen LogP) is 1.19. The molecule has 1 rings (SSSR count). The molecule has 4 heteroatoms. The molecule has 0 aliphatic rings. The van der Waals surface area contributed by atoms with Gasteiger partial charge in [0.2, 0.25) is 0 Å². The highest BCUT2D eigenvalue weighted by Crippen LogP contribution is 2.05. The van der Waals surface area contributed by atoms with Crippen LogP contribution < -0.4 is 5.56 Å². The predicted molar refractivity (Wildman–Crippen MR) is 51.2 cm³/mol. The molecule has 0 aliphatic carbocycles. The lowest BCUT2D eigenvalue weighted by atomic mass is 10.6. The molecule has 0 aliphatic heterocycles. The lowest BCUT2D eigenvalue weighted by Crippen LogP contribution is -2.07. The Labute approximate surface area is 74.9 Å². The molecule has 0 unspecified atom stereocenters. The highest BCUT2D eigenvalue weighted by Gasteiger charge is 1.93. The smallest absolute Gasteiger partial charge is 0.250 e. The van der Waals surface area contributed by atoms with E-state index in [9.17, 15) is 4.79 Å². The van der Waals surface area contributed by atoms with Crippen LogP contribution in [0.3, 0.4) is 0 Å². The van der Waals surface area contributed by atoms with Gasteiger partial charge in [-0.3, -0.25) is 4.79 Å². The van der Waals surface area contributed by atoms with Crippen molar-refractivity contribution in [3.8, 4) is 0 Å². The van der Waals surface area contributed by atoms with E-state index in [1.807, 2.05) is 6.08 Å². The summed E-state index contributed by atoms with van der Waals surface area (Å²) in [6, 6.07) is 1.40. The fourth-order valence-electron chi connectivity index (χ4n) is 0.723. The van der Waals surface area contributed by atoms with Gasteiger partial charge in [0.15, 0.2) is 0 Å². The van der Waals surface area contributed by atoms with Crippen molar-refractivity contribution in [3.05, 3.63) is 41.1 Å². The van der Waals surface area contributed by atoms with Crippen molar-refractivity contribution >= 4 is 11.8 Å². The summed E-state index contributed by atoms with van der Waals surface area (Å²) in [6.07, 6.45) is 3.34. The highest BCUT2D eigenvalue weighted by molar-refractivity contribution is 7.98. The van der Waals surface area contributed by atoms with Gasteiger partial charge < -0.3 is 4.98 Å². The van der Waals surface area contributed by atoms with E-state index in [1.54, 1.807) is 11.8 Å². The van der Waals surface area contributed by atoms with E-state index >= 15 is 0 Å². The molecule has 0 aromatic carbocycles. The van der Waals surface area contributed by atoms with E-state index in [1.165, 1.54) is 12.3 Å². The Morgan fingerprint density at radius 3 is 3.25 bits per heavy atom. The van der Waals surface area contributed by atoms with Crippen molar-refractivity contribution in [2.24, 2.45) is 0 Å². The van der Waals surface area contributed by atoms with Crippen LogP contribution in [0.5, 0.6) is 0 Å². The molecule has 0 atom stereocenters. The van der Waals surface area contributed by atoms with Crippen LogP contribution in [0.15, 0.2) is 29.7 Å². The Bertz CT molecular complexity index is 308. The van der Waals surface area contributed by atoms with Crippen molar-refractivity contribution in [2.75, 3.05) is 5.75 Å². The van der Waals surface area contributed by atoms with Crippen LogP contribution in [0.1, 0.15) is 5.82 Å². The number of nitrogens with one attached hydrogen (secondary N) is 1. The molecule has 1 aromatic rings. The van der Waals surface area contributed by atoms with Crippen LogP contribution in [0.4, 0.5) is 0 Å². The molecule has 0 bridgehead atoms. The first-order valence-corrected chi connectivity index (χ1v) is 4.71. The summed E-state index contributed by atoms with van der Waals surface area (Å²) in [7, 11) is 0. The first kappa shape index (κ1) is 9.06. The quantitative estimate of drug-likeness (QED) is 0.562. The second-order valence-electron chi connectivity index (χ2n) is 2.18. The van der Waals surface area contributed by atoms with Gasteiger partial charge in [0, 0.05) is 18.0 Å². The van der Waals surface area contributed by atoms with Crippen molar-refractivity contribution in [1.29, 1.82) is 0 Å². The van der Waals surface area contributed by atoms with E-state index in [-0.39, 0.29) is 5.56 Å².